The predicted molar refractivity (Wildman–Crippen MR) is 95.2 cm³/mol. The second kappa shape index (κ2) is 7.81. The molecule has 1 aromatic heterocycles. The number of hydrogen-bond donors (Lipinski definition) is 1. The molecule has 1 amide bonds. The highest BCUT2D eigenvalue weighted by atomic mass is 16.5. The Hall–Kier alpha value is -1.85. The summed E-state index contributed by atoms with van der Waals surface area (Å²) in [5, 5.41) is 3.08. The highest BCUT2D eigenvalue weighted by molar-refractivity contribution is 5.81. The summed E-state index contributed by atoms with van der Waals surface area (Å²) in [6.07, 6.45) is 5.61. The van der Waals surface area contributed by atoms with Crippen LogP contribution in [0.5, 0.6) is 5.88 Å². The zero-order chi connectivity index (χ0) is 17.7. The molecule has 1 unspecified atom stereocenters. The van der Waals surface area contributed by atoms with E-state index >= 15 is 0 Å². The van der Waals surface area contributed by atoms with Gasteiger partial charge in [0.05, 0.1) is 6.10 Å². The van der Waals surface area contributed by atoms with Gasteiger partial charge in [-0.1, -0.05) is 20.8 Å². The van der Waals surface area contributed by atoms with Crippen LogP contribution in [0.25, 0.3) is 0 Å². The molecule has 0 radical (unpaired) electrons. The van der Waals surface area contributed by atoms with E-state index in [1.54, 1.807) is 12.4 Å². The maximum Gasteiger partial charge on any atom is 0.257 e. The standard InChI is InChI=1S/C18H30N4O2/c1-13(2)24-16-15(19-8-9-20-16)22-10-6-7-14(12-22)11-21-17(23)18(3,4)5/h8-9,13-14H,6-7,10-12H2,1-5H3,(H,21,23). The van der Waals surface area contributed by atoms with E-state index in [1.165, 1.54) is 0 Å². The minimum atomic E-state index is -0.350. The van der Waals surface area contributed by atoms with Crippen LogP contribution in [-0.2, 0) is 4.79 Å². The van der Waals surface area contributed by atoms with Gasteiger partial charge in [0.2, 0.25) is 5.91 Å². The van der Waals surface area contributed by atoms with Gasteiger partial charge in [0.25, 0.3) is 5.88 Å². The summed E-state index contributed by atoms with van der Waals surface area (Å²) >= 11 is 0. The lowest BCUT2D eigenvalue weighted by molar-refractivity contribution is -0.128. The smallest absolute Gasteiger partial charge is 0.257 e. The van der Waals surface area contributed by atoms with Crippen LogP contribution in [0.1, 0.15) is 47.5 Å². The van der Waals surface area contributed by atoms with Gasteiger partial charge in [-0.15, -0.1) is 0 Å². The average Bonchev–Trinajstić information content (AvgIpc) is 2.52. The van der Waals surface area contributed by atoms with Crippen LogP contribution >= 0.6 is 0 Å². The minimum Gasteiger partial charge on any atom is -0.472 e. The average molecular weight is 334 g/mol. The topological polar surface area (TPSA) is 67.4 Å². The summed E-state index contributed by atoms with van der Waals surface area (Å²) in [6.45, 7) is 12.3. The zero-order valence-electron chi connectivity index (χ0n) is 15.5. The van der Waals surface area contributed by atoms with Crippen molar-refractivity contribution in [3.8, 4) is 5.88 Å². The molecule has 6 nitrogen and oxygen atoms in total. The molecule has 0 aliphatic carbocycles. The molecule has 2 heterocycles. The van der Waals surface area contributed by atoms with E-state index in [-0.39, 0.29) is 17.4 Å². The van der Waals surface area contributed by atoms with Gasteiger partial charge in [-0.2, -0.15) is 0 Å². The third-order valence-corrected chi connectivity index (χ3v) is 4.04. The molecule has 1 aliphatic heterocycles. The van der Waals surface area contributed by atoms with Crippen molar-refractivity contribution in [1.29, 1.82) is 0 Å². The van der Waals surface area contributed by atoms with E-state index in [0.717, 1.165) is 31.7 Å². The molecule has 0 saturated carbocycles. The van der Waals surface area contributed by atoms with Crippen LogP contribution in [0.3, 0.4) is 0 Å². The third kappa shape index (κ3) is 5.08. The molecule has 6 heteroatoms. The van der Waals surface area contributed by atoms with Crippen LogP contribution in [0.2, 0.25) is 0 Å². The molecule has 1 aromatic rings. The Morgan fingerprint density at radius 3 is 2.75 bits per heavy atom. The number of piperidine rings is 1. The quantitative estimate of drug-likeness (QED) is 0.896. The largest absolute Gasteiger partial charge is 0.472 e. The fourth-order valence-corrected chi connectivity index (χ4v) is 2.77. The second-order valence-electron chi connectivity index (χ2n) is 7.77. The molecular weight excluding hydrogens is 304 g/mol. The van der Waals surface area contributed by atoms with Crippen molar-refractivity contribution in [1.82, 2.24) is 15.3 Å². The molecule has 1 atom stereocenters. The Morgan fingerprint density at radius 2 is 2.08 bits per heavy atom. The summed E-state index contributed by atoms with van der Waals surface area (Å²) in [4.78, 5) is 23.1. The van der Waals surface area contributed by atoms with Gasteiger partial charge in [-0.3, -0.25) is 4.79 Å². The monoisotopic (exact) mass is 334 g/mol. The number of aromatic nitrogens is 2. The number of ether oxygens (including phenoxy) is 1. The van der Waals surface area contributed by atoms with Gasteiger partial charge in [-0.25, -0.2) is 9.97 Å². The Labute approximate surface area is 145 Å². The number of hydrogen-bond acceptors (Lipinski definition) is 5. The van der Waals surface area contributed by atoms with E-state index < -0.39 is 0 Å². The minimum absolute atomic E-state index is 0.0621. The van der Waals surface area contributed by atoms with Crippen LogP contribution in [0.4, 0.5) is 5.82 Å². The van der Waals surface area contributed by atoms with E-state index in [9.17, 15) is 4.79 Å². The summed E-state index contributed by atoms with van der Waals surface area (Å²) in [7, 11) is 0. The number of nitrogens with one attached hydrogen (secondary N) is 1. The predicted octanol–water partition coefficient (Wildman–Crippen LogP) is 2.64. The Morgan fingerprint density at radius 1 is 1.38 bits per heavy atom. The summed E-state index contributed by atoms with van der Waals surface area (Å²) < 4.78 is 5.79. The fourth-order valence-electron chi connectivity index (χ4n) is 2.77. The zero-order valence-corrected chi connectivity index (χ0v) is 15.5. The number of nitrogens with zero attached hydrogens (tertiary/aromatic N) is 3. The number of rotatable bonds is 5. The van der Waals surface area contributed by atoms with Gasteiger partial charge in [-0.05, 0) is 32.6 Å². The highest BCUT2D eigenvalue weighted by Gasteiger charge is 2.26. The number of carbonyl (C=O) groups is 1. The lowest BCUT2D eigenvalue weighted by atomic mass is 9.94. The van der Waals surface area contributed by atoms with E-state index in [4.69, 9.17) is 4.74 Å². The third-order valence-electron chi connectivity index (χ3n) is 4.04. The van der Waals surface area contributed by atoms with E-state index in [2.05, 4.69) is 20.2 Å². The number of amides is 1. The first kappa shape index (κ1) is 18.5. The van der Waals surface area contributed by atoms with Crippen molar-refractivity contribution in [3.05, 3.63) is 12.4 Å². The van der Waals surface area contributed by atoms with Gasteiger partial charge in [0.15, 0.2) is 5.82 Å². The Kier molecular flexibility index (Phi) is 6.02. The first-order chi connectivity index (χ1) is 11.3. The molecular formula is C18H30N4O2. The summed E-state index contributed by atoms with van der Waals surface area (Å²) in [6, 6.07) is 0. The normalized spacial score (nSPS) is 18.6. The molecule has 1 N–H and O–H groups in total. The van der Waals surface area contributed by atoms with Crippen molar-refractivity contribution < 1.29 is 9.53 Å². The maximum absolute atomic E-state index is 12.1. The fraction of sp³-hybridized carbons (Fsp3) is 0.722. The first-order valence-corrected chi connectivity index (χ1v) is 8.78. The lowest BCUT2D eigenvalue weighted by Gasteiger charge is -2.34. The van der Waals surface area contributed by atoms with E-state index in [0.29, 0.717) is 18.3 Å². The van der Waals surface area contributed by atoms with Crippen molar-refractivity contribution >= 4 is 11.7 Å². The molecule has 1 aliphatic rings. The highest BCUT2D eigenvalue weighted by Crippen LogP contribution is 2.28. The van der Waals surface area contributed by atoms with Gasteiger partial charge in [0.1, 0.15) is 0 Å². The molecule has 0 aromatic carbocycles. The molecule has 1 fully saturated rings. The van der Waals surface area contributed by atoms with Gasteiger partial charge < -0.3 is 15.0 Å². The van der Waals surface area contributed by atoms with Crippen LogP contribution in [-0.4, -0.2) is 41.6 Å². The molecule has 134 valence electrons. The van der Waals surface area contributed by atoms with Gasteiger partial charge >= 0.3 is 0 Å². The van der Waals surface area contributed by atoms with Crippen molar-refractivity contribution in [2.24, 2.45) is 11.3 Å². The molecule has 2 rings (SSSR count). The number of anilines is 1. The Bertz CT molecular complexity index is 554. The second-order valence-corrected chi connectivity index (χ2v) is 7.77. The molecule has 1 saturated heterocycles. The van der Waals surface area contributed by atoms with Crippen LogP contribution in [0.15, 0.2) is 12.4 Å². The van der Waals surface area contributed by atoms with E-state index in [1.807, 2.05) is 34.6 Å². The van der Waals surface area contributed by atoms with Crippen LogP contribution in [0, 0.1) is 11.3 Å². The summed E-state index contributed by atoms with van der Waals surface area (Å²) in [5.41, 5.74) is -0.350. The molecule has 24 heavy (non-hydrogen) atoms. The van der Waals surface area contributed by atoms with Crippen molar-refractivity contribution in [2.75, 3.05) is 24.5 Å². The van der Waals surface area contributed by atoms with Crippen LogP contribution < -0.4 is 15.0 Å². The number of carbonyl (C=O) groups excluding carboxylic acids is 1. The van der Waals surface area contributed by atoms with Crippen molar-refractivity contribution in [2.45, 2.75) is 53.6 Å². The van der Waals surface area contributed by atoms with Crippen molar-refractivity contribution in [3.63, 3.8) is 0 Å². The lowest BCUT2D eigenvalue weighted by Crippen LogP contribution is -2.43. The molecule has 0 spiro atoms. The Balaban J connectivity index is 2.00. The first-order valence-electron chi connectivity index (χ1n) is 8.78. The maximum atomic E-state index is 12.1. The SMILES string of the molecule is CC(C)Oc1nccnc1N1CCCC(CNC(=O)C(C)(C)C)C1. The van der Waals surface area contributed by atoms with Gasteiger partial charge in [0, 0.05) is 37.4 Å². The molecule has 0 bridgehead atoms. The summed E-state index contributed by atoms with van der Waals surface area (Å²) in [5.74, 6) is 1.91.